The first kappa shape index (κ1) is 13.3. The molecule has 17 heavy (non-hydrogen) atoms. The first-order valence-corrected chi connectivity index (χ1v) is 4.79. The lowest BCUT2D eigenvalue weighted by molar-refractivity contribution is -0.143. The highest BCUT2D eigenvalue weighted by atomic mass is 19.4. The van der Waals surface area contributed by atoms with Gasteiger partial charge in [0.05, 0.1) is 18.6 Å². The molecule has 0 amide bonds. The van der Waals surface area contributed by atoms with Crippen molar-refractivity contribution < 1.29 is 22.7 Å². The second-order valence-electron chi connectivity index (χ2n) is 3.18. The number of rotatable bonds is 3. The molecule has 0 unspecified atom stereocenters. The largest absolute Gasteiger partial charge is 0.466 e. The van der Waals surface area contributed by atoms with E-state index >= 15 is 0 Å². The van der Waals surface area contributed by atoms with Crippen LogP contribution < -0.4 is 5.56 Å². The van der Waals surface area contributed by atoms with E-state index in [0.29, 0.717) is 0 Å². The maximum atomic E-state index is 12.6. The van der Waals surface area contributed by atoms with Gasteiger partial charge >= 0.3 is 12.1 Å². The van der Waals surface area contributed by atoms with E-state index < -0.39 is 35.3 Å². The lowest BCUT2D eigenvalue weighted by atomic mass is 10.1. The van der Waals surface area contributed by atoms with Crippen LogP contribution >= 0.6 is 0 Å². The predicted molar refractivity (Wildman–Crippen MR) is 52.4 cm³/mol. The molecule has 0 saturated carbocycles. The zero-order valence-electron chi connectivity index (χ0n) is 8.93. The van der Waals surface area contributed by atoms with Crippen molar-refractivity contribution in [2.75, 3.05) is 6.61 Å². The highest BCUT2D eigenvalue weighted by Gasteiger charge is 2.35. The third kappa shape index (κ3) is 3.33. The van der Waals surface area contributed by atoms with E-state index in [9.17, 15) is 22.8 Å². The molecule has 1 rings (SSSR count). The zero-order valence-corrected chi connectivity index (χ0v) is 8.93. The molecule has 94 valence electrons. The van der Waals surface area contributed by atoms with Crippen LogP contribution in [0.1, 0.15) is 18.1 Å². The van der Waals surface area contributed by atoms with E-state index in [2.05, 4.69) is 9.72 Å². The number of pyridine rings is 1. The number of hydrogen-bond acceptors (Lipinski definition) is 3. The SMILES string of the molecule is CCOC(=O)Cc1c(C(F)(F)F)cc[nH]c1=O. The number of ether oxygens (including phenoxy) is 1. The minimum Gasteiger partial charge on any atom is -0.466 e. The fourth-order valence-corrected chi connectivity index (χ4v) is 1.31. The molecule has 1 N–H and O–H groups in total. The minimum atomic E-state index is -4.67. The van der Waals surface area contributed by atoms with Crippen molar-refractivity contribution in [1.82, 2.24) is 4.98 Å². The summed E-state index contributed by atoms with van der Waals surface area (Å²) in [6.45, 7) is 1.57. The van der Waals surface area contributed by atoms with Gasteiger partial charge in [-0.05, 0) is 13.0 Å². The molecule has 0 radical (unpaired) electrons. The van der Waals surface area contributed by atoms with Gasteiger partial charge in [-0.1, -0.05) is 0 Å². The molecular formula is C10H10F3NO3. The Morgan fingerprint density at radius 2 is 2.12 bits per heavy atom. The highest BCUT2D eigenvalue weighted by molar-refractivity contribution is 5.72. The summed E-state index contributed by atoms with van der Waals surface area (Å²) in [7, 11) is 0. The first-order chi connectivity index (χ1) is 7.86. The van der Waals surface area contributed by atoms with E-state index in [1.165, 1.54) is 6.92 Å². The zero-order chi connectivity index (χ0) is 13.1. The van der Waals surface area contributed by atoms with Gasteiger partial charge in [0.2, 0.25) is 0 Å². The number of aromatic nitrogens is 1. The van der Waals surface area contributed by atoms with Crippen LogP contribution in [0.5, 0.6) is 0 Å². The Morgan fingerprint density at radius 3 is 2.65 bits per heavy atom. The van der Waals surface area contributed by atoms with Gasteiger partial charge in [-0.3, -0.25) is 9.59 Å². The number of hydrogen-bond donors (Lipinski definition) is 1. The molecule has 0 aliphatic rings. The molecule has 1 aromatic rings. The van der Waals surface area contributed by atoms with E-state index in [-0.39, 0.29) is 6.61 Å². The van der Waals surface area contributed by atoms with Crippen LogP contribution in [0.3, 0.4) is 0 Å². The lowest BCUT2D eigenvalue weighted by Crippen LogP contribution is -2.23. The number of carbonyl (C=O) groups is 1. The quantitative estimate of drug-likeness (QED) is 0.826. The minimum absolute atomic E-state index is 0.0466. The number of alkyl halides is 3. The molecular weight excluding hydrogens is 239 g/mol. The third-order valence-electron chi connectivity index (χ3n) is 2.00. The van der Waals surface area contributed by atoms with Crippen LogP contribution in [-0.4, -0.2) is 17.6 Å². The summed E-state index contributed by atoms with van der Waals surface area (Å²) in [5, 5.41) is 0. The summed E-state index contributed by atoms with van der Waals surface area (Å²) in [6.07, 6.45) is -4.48. The number of H-pyrrole nitrogens is 1. The van der Waals surface area contributed by atoms with E-state index in [1.807, 2.05) is 0 Å². The molecule has 0 aliphatic heterocycles. The summed E-state index contributed by atoms with van der Waals surface area (Å²) >= 11 is 0. The van der Waals surface area contributed by atoms with Crippen LogP contribution in [-0.2, 0) is 22.1 Å². The fraction of sp³-hybridized carbons (Fsp3) is 0.400. The average molecular weight is 249 g/mol. The normalized spacial score (nSPS) is 11.3. The second-order valence-corrected chi connectivity index (χ2v) is 3.18. The van der Waals surface area contributed by atoms with Gasteiger partial charge in [-0.2, -0.15) is 13.2 Å². The van der Waals surface area contributed by atoms with Crippen LogP contribution in [0.25, 0.3) is 0 Å². The van der Waals surface area contributed by atoms with E-state index in [4.69, 9.17) is 0 Å². The predicted octanol–water partition coefficient (Wildman–Crippen LogP) is 1.50. The van der Waals surface area contributed by atoms with Crippen LogP contribution in [0.4, 0.5) is 13.2 Å². The third-order valence-corrected chi connectivity index (χ3v) is 2.00. The lowest BCUT2D eigenvalue weighted by Gasteiger charge is -2.10. The van der Waals surface area contributed by atoms with Gasteiger partial charge in [0.25, 0.3) is 5.56 Å². The Labute approximate surface area is 94.4 Å². The monoisotopic (exact) mass is 249 g/mol. The Kier molecular flexibility index (Phi) is 3.93. The smallest absolute Gasteiger partial charge is 0.416 e. The van der Waals surface area contributed by atoms with Crippen molar-refractivity contribution in [3.63, 3.8) is 0 Å². The van der Waals surface area contributed by atoms with Gasteiger partial charge in [0.15, 0.2) is 0 Å². The van der Waals surface area contributed by atoms with Gasteiger partial charge in [-0.25, -0.2) is 0 Å². The molecule has 0 saturated heterocycles. The Bertz CT molecular complexity index is 465. The molecule has 4 nitrogen and oxygen atoms in total. The molecule has 7 heteroatoms. The maximum absolute atomic E-state index is 12.6. The molecule has 1 aromatic heterocycles. The van der Waals surface area contributed by atoms with Gasteiger partial charge < -0.3 is 9.72 Å². The van der Waals surface area contributed by atoms with Gasteiger partial charge in [-0.15, -0.1) is 0 Å². The summed E-state index contributed by atoms with van der Waals surface area (Å²) in [6, 6.07) is 0.718. The summed E-state index contributed by atoms with van der Waals surface area (Å²) in [5.41, 5.74) is -2.68. The fourth-order valence-electron chi connectivity index (χ4n) is 1.31. The molecule has 0 atom stereocenters. The van der Waals surface area contributed by atoms with Crippen molar-refractivity contribution >= 4 is 5.97 Å². The molecule has 0 spiro atoms. The highest BCUT2D eigenvalue weighted by Crippen LogP contribution is 2.30. The summed E-state index contributed by atoms with van der Waals surface area (Å²) in [5.74, 6) is -0.866. The van der Waals surface area contributed by atoms with Crippen LogP contribution in [0, 0.1) is 0 Å². The summed E-state index contributed by atoms with van der Waals surface area (Å²) < 4.78 is 42.2. The molecule has 1 heterocycles. The number of aromatic amines is 1. The number of carbonyl (C=O) groups excluding carboxylic acids is 1. The van der Waals surface area contributed by atoms with Crippen molar-refractivity contribution in [3.8, 4) is 0 Å². The molecule has 0 aromatic carbocycles. The maximum Gasteiger partial charge on any atom is 0.416 e. The van der Waals surface area contributed by atoms with Crippen LogP contribution in [0.2, 0.25) is 0 Å². The summed E-state index contributed by atoms with van der Waals surface area (Å²) in [4.78, 5) is 24.5. The Balaban J connectivity index is 3.13. The standard InChI is InChI=1S/C10H10F3NO3/c1-2-17-8(15)5-6-7(10(11,12)13)3-4-14-9(6)16/h3-4H,2,5H2,1H3,(H,14,16). The molecule has 0 bridgehead atoms. The Hall–Kier alpha value is -1.79. The molecule has 0 fully saturated rings. The van der Waals surface area contributed by atoms with Crippen molar-refractivity contribution in [2.45, 2.75) is 19.5 Å². The number of halogens is 3. The Morgan fingerprint density at radius 1 is 1.47 bits per heavy atom. The van der Waals surface area contributed by atoms with Gasteiger partial charge in [0, 0.05) is 11.8 Å². The number of nitrogens with one attached hydrogen (secondary N) is 1. The topological polar surface area (TPSA) is 59.2 Å². The average Bonchev–Trinajstić information content (AvgIpc) is 2.19. The van der Waals surface area contributed by atoms with Crippen molar-refractivity contribution in [2.24, 2.45) is 0 Å². The molecule has 0 aliphatic carbocycles. The van der Waals surface area contributed by atoms with Gasteiger partial charge in [0.1, 0.15) is 0 Å². The van der Waals surface area contributed by atoms with Crippen LogP contribution in [0.15, 0.2) is 17.1 Å². The first-order valence-electron chi connectivity index (χ1n) is 4.79. The number of esters is 1. The second kappa shape index (κ2) is 5.03. The van der Waals surface area contributed by atoms with E-state index in [1.54, 1.807) is 0 Å². The van der Waals surface area contributed by atoms with Crippen molar-refractivity contribution in [3.05, 3.63) is 33.7 Å². The van der Waals surface area contributed by atoms with E-state index in [0.717, 1.165) is 12.3 Å². The van der Waals surface area contributed by atoms with Crippen molar-refractivity contribution in [1.29, 1.82) is 0 Å².